The van der Waals surface area contributed by atoms with E-state index in [0.29, 0.717) is 24.4 Å². The quantitative estimate of drug-likeness (QED) is 0.842. The summed E-state index contributed by atoms with van der Waals surface area (Å²) in [6.45, 7) is 1.13. The van der Waals surface area contributed by atoms with E-state index in [1.165, 1.54) is 15.6 Å². The van der Waals surface area contributed by atoms with Crippen LogP contribution in [0.3, 0.4) is 0 Å². The Labute approximate surface area is 129 Å². The van der Waals surface area contributed by atoms with E-state index in [4.69, 9.17) is 0 Å². The van der Waals surface area contributed by atoms with E-state index >= 15 is 0 Å². The van der Waals surface area contributed by atoms with Gasteiger partial charge in [-0.05, 0) is 37.2 Å². The first-order valence-corrected chi connectivity index (χ1v) is 8.93. The molecule has 21 heavy (non-hydrogen) atoms. The lowest BCUT2D eigenvalue weighted by Crippen LogP contribution is -2.28. The van der Waals surface area contributed by atoms with Crippen molar-refractivity contribution in [3.05, 3.63) is 46.4 Å². The second kappa shape index (κ2) is 7.13. The highest BCUT2D eigenvalue weighted by Crippen LogP contribution is 2.22. The number of pyridine rings is 1. The lowest BCUT2D eigenvalue weighted by atomic mass is 10.2. The maximum absolute atomic E-state index is 12.5. The predicted octanol–water partition coefficient (Wildman–Crippen LogP) is 1.73. The molecule has 2 aromatic rings. The van der Waals surface area contributed by atoms with Gasteiger partial charge in [-0.2, -0.15) is 0 Å². The molecule has 1 N–H and O–H groups in total. The monoisotopic (exact) mass is 325 g/mol. The van der Waals surface area contributed by atoms with Gasteiger partial charge in [-0.25, -0.2) is 12.7 Å². The topological polar surface area (TPSA) is 62.3 Å². The number of sulfonamides is 1. The highest BCUT2D eigenvalue weighted by Gasteiger charge is 2.21. The number of hydrogen-bond acceptors (Lipinski definition) is 5. The van der Waals surface area contributed by atoms with Gasteiger partial charge in [-0.1, -0.05) is 0 Å². The summed E-state index contributed by atoms with van der Waals surface area (Å²) < 4.78 is 26.3. The van der Waals surface area contributed by atoms with Gasteiger partial charge in [0.1, 0.15) is 0 Å². The fraction of sp³-hybridized carbons (Fsp3) is 0.357. The van der Waals surface area contributed by atoms with Crippen molar-refractivity contribution >= 4 is 21.4 Å². The molecule has 0 atom stereocenters. The van der Waals surface area contributed by atoms with Crippen molar-refractivity contribution in [1.82, 2.24) is 14.6 Å². The first kappa shape index (κ1) is 16.1. The molecule has 0 radical (unpaired) electrons. The molecule has 0 unspecified atom stereocenters. The van der Waals surface area contributed by atoms with E-state index in [2.05, 4.69) is 10.3 Å². The smallest absolute Gasteiger partial charge is 0.243 e. The van der Waals surface area contributed by atoms with Crippen LogP contribution in [0.1, 0.15) is 10.4 Å². The third-order valence-corrected chi connectivity index (χ3v) is 6.07. The third-order valence-electron chi connectivity index (χ3n) is 3.15. The molecule has 0 aliphatic carbocycles. The highest BCUT2D eigenvalue weighted by atomic mass is 32.2. The van der Waals surface area contributed by atoms with Gasteiger partial charge in [0.2, 0.25) is 10.0 Å². The molecule has 5 nitrogen and oxygen atoms in total. The molecule has 0 aromatic carbocycles. The third kappa shape index (κ3) is 4.10. The Morgan fingerprint density at radius 3 is 2.71 bits per heavy atom. The van der Waals surface area contributed by atoms with Crippen molar-refractivity contribution in [3.8, 4) is 0 Å². The van der Waals surface area contributed by atoms with E-state index < -0.39 is 10.0 Å². The maximum Gasteiger partial charge on any atom is 0.243 e. The first-order chi connectivity index (χ1) is 10.0. The SMILES string of the molecule is CNCc1cc(S(=O)(=O)N(C)CCc2ccncc2)cs1. The van der Waals surface area contributed by atoms with Crippen molar-refractivity contribution in [3.63, 3.8) is 0 Å². The zero-order chi connectivity index (χ0) is 15.3. The molecular formula is C14H19N3O2S2. The molecule has 0 saturated carbocycles. The molecule has 2 aromatic heterocycles. The molecule has 0 spiro atoms. The van der Waals surface area contributed by atoms with Gasteiger partial charge in [0, 0.05) is 42.8 Å². The summed E-state index contributed by atoms with van der Waals surface area (Å²) in [6.07, 6.45) is 4.10. The van der Waals surface area contributed by atoms with Crippen molar-refractivity contribution in [2.45, 2.75) is 17.9 Å². The van der Waals surface area contributed by atoms with E-state index in [1.54, 1.807) is 30.9 Å². The Hall–Kier alpha value is -1.28. The predicted molar refractivity (Wildman–Crippen MR) is 84.8 cm³/mol. The first-order valence-electron chi connectivity index (χ1n) is 6.61. The zero-order valence-corrected chi connectivity index (χ0v) is 13.7. The van der Waals surface area contributed by atoms with E-state index in [-0.39, 0.29) is 0 Å². The van der Waals surface area contributed by atoms with Crippen LogP contribution in [-0.2, 0) is 23.0 Å². The number of aromatic nitrogens is 1. The molecule has 0 fully saturated rings. The van der Waals surface area contributed by atoms with Gasteiger partial charge in [0.05, 0.1) is 4.90 Å². The van der Waals surface area contributed by atoms with Crippen LogP contribution in [0.5, 0.6) is 0 Å². The van der Waals surface area contributed by atoms with Gasteiger partial charge in [-0.15, -0.1) is 11.3 Å². The van der Waals surface area contributed by atoms with Crippen molar-refractivity contribution in [2.24, 2.45) is 0 Å². The summed E-state index contributed by atoms with van der Waals surface area (Å²) in [5.74, 6) is 0. The fourth-order valence-corrected chi connectivity index (χ4v) is 4.35. The highest BCUT2D eigenvalue weighted by molar-refractivity contribution is 7.89. The second-order valence-corrected chi connectivity index (χ2v) is 7.75. The van der Waals surface area contributed by atoms with Crippen LogP contribution in [0.25, 0.3) is 0 Å². The lowest BCUT2D eigenvalue weighted by molar-refractivity contribution is 0.472. The molecule has 0 saturated heterocycles. The van der Waals surface area contributed by atoms with Crippen LogP contribution in [0.15, 0.2) is 40.9 Å². The van der Waals surface area contributed by atoms with Crippen LogP contribution >= 0.6 is 11.3 Å². The van der Waals surface area contributed by atoms with Crippen LogP contribution in [0, 0.1) is 0 Å². The zero-order valence-electron chi connectivity index (χ0n) is 12.1. The minimum atomic E-state index is -3.41. The number of nitrogens with zero attached hydrogens (tertiary/aromatic N) is 2. The van der Waals surface area contributed by atoms with Crippen LogP contribution in [-0.4, -0.2) is 38.3 Å². The molecule has 0 amide bonds. The average Bonchev–Trinajstić information content (AvgIpc) is 2.95. The summed E-state index contributed by atoms with van der Waals surface area (Å²) in [4.78, 5) is 5.34. The average molecular weight is 325 g/mol. The van der Waals surface area contributed by atoms with Gasteiger partial charge in [-0.3, -0.25) is 4.98 Å². The molecule has 2 heterocycles. The van der Waals surface area contributed by atoms with E-state index in [1.807, 2.05) is 19.2 Å². The van der Waals surface area contributed by atoms with E-state index in [0.717, 1.165) is 10.4 Å². The molecule has 0 aliphatic rings. The Morgan fingerprint density at radius 1 is 1.33 bits per heavy atom. The summed E-state index contributed by atoms with van der Waals surface area (Å²) in [6, 6.07) is 5.53. The van der Waals surface area contributed by atoms with Gasteiger partial charge < -0.3 is 5.32 Å². The summed E-state index contributed by atoms with van der Waals surface area (Å²) >= 11 is 1.46. The largest absolute Gasteiger partial charge is 0.315 e. The molecule has 0 bridgehead atoms. The Bertz CT molecular complexity index is 669. The Morgan fingerprint density at radius 2 is 2.05 bits per heavy atom. The number of rotatable bonds is 7. The van der Waals surface area contributed by atoms with E-state index in [9.17, 15) is 8.42 Å². The van der Waals surface area contributed by atoms with Gasteiger partial charge >= 0.3 is 0 Å². The van der Waals surface area contributed by atoms with Crippen molar-refractivity contribution < 1.29 is 8.42 Å². The van der Waals surface area contributed by atoms with Crippen LogP contribution in [0.2, 0.25) is 0 Å². The maximum atomic E-state index is 12.5. The van der Waals surface area contributed by atoms with Crippen LogP contribution in [0.4, 0.5) is 0 Å². The van der Waals surface area contributed by atoms with Crippen molar-refractivity contribution in [2.75, 3.05) is 20.6 Å². The van der Waals surface area contributed by atoms with Gasteiger partial charge in [0.25, 0.3) is 0 Å². The summed E-state index contributed by atoms with van der Waals surface area (Å²) in [7, 11) is 0.0527. The number of hydrogen-bond donors (Lipinski definition) is 1. The second-order valence-electron chi connectivity index (χ2n) is 4.71. The molecule has 114 valence electrons. The molecule has 2 rings (SSSR count). The normalized spacial score (nSPS) is 12.0. The van der Waals surface area contributed by atoms with Gasteiger partial charge in [0.15, 0.2) is 0 Å². The van der Waals surface area contributed by atoms with Crippen LogP contribution < -0.4 is 5.32 Å². The molecular weight excluding hydrogens is 306 g/mol. The summed E-state index contributed by atoms with van der Waals surface area (Å²) in [5, 5.41) is 4.72. The Kier molecular flexibility index (Phi) is 5.46. The minimum Gasteiger partial charge on any atom is -0.315 e. The van der Waals surface area contributed by atoms with Crippen molar-refractivity contribution in [1.29, 1.82) is 0 Å². The number of likely N-dealkylation sites (N-methyl/N-ethyl adjacent to an activating group) is 1. The lowest BCUT2D eigenvalue weighted by Gasteiger charge is -2.16. The summed E-state index contributed by atoms with van der Waals surface area (Å²) in [5.41, 5.74) is 1.08. The standard InChI is InChI=1S/C14H19N3O2S2/c1-15-10-13-9-14(11-20-13)21(18,19)17(2)8-5-12-3-6-16-7-4-12/h3-4,6-7,9,11,15H,5,8,10H2,1-2H3. The minimum absolute atomic E-state index is 0.370. The molecule has 0 aliphatic heterocycles. The molecule has 7 heteroatoms. The number of nitrogens with one attached hydrogen (secondary N) is 1. The fourth-order valence-electron chi connectivity index (χ4n) is 1.90. The number of thiophene rings is 1. The Balaban J connectivity index is 2.04.